The molecule has 0 radical (unpaired) electrons. The Balaban J connectivity index is 3.86. The Hall–Kier alpha value is -0.650. The maximum atomic E-state index is 8.71. The van der Waals surface area contributed by atoms with Crippen LogP contribution in [-0.2, 0) is 0 Å². The number of thiocarbonyl (C=S) groups is 1. The van der Waals surface area contributed by atoms with Gasteiger partial charge in [-0.15, -0.1) is 6.58 Å². The maximum Gasteiger partial charge on any atom is 0.169 e. The summed E-state index contributed by atoms with van der Waals surface area (Å²) in [5, 5.41) is 20.9. The second-order valence-electron chi connectivity index (χ2n) is 2.41. The number of aliphatic hydroxyl groups excluding tert-OH is 2. The molecule has 0 saturated carbocycles. The van der Waals surface area contributed by atoms with Gasteiger partial charge in [-0.3, -0.25) is 0 Å². The van der Waals surface area contributed by atoms with Crippen molar-refractivity contribution in [3.05, 3.63) is 12.7 Å². The molecule has 4 nitrogen and oxygen atoms in total. The number of aliphatic hydroxyl groups is 2. The zero-order valence-electron chi connectivity index (χ0n) is 7.57. The molecular formula is C8H16N2O2S. The van der Waals surface area contributed by atoms with Crippen molar-refractivity contribution in [1.29, 1.82) is 0 Å². The Morgan fingerprint density at radius 2 is 1.92 bits per heavy atom. The van der Waals surface area contributed by atoms with Crippen LogP contribution < -0.4 is 5.32 Å². The van der Waals surface area contributed by atoms with E-state index in [1.165, 1.54) is 0 Å². The molecule has 0 amide bonds. The van der Waals surface area contributed by atoms with Crippen LogP contribution in [0.1, 0.15) is 0 Å². The molecule has 0 spiro atoms. The van der Waals surface area contributed by atoms with Crippen LogP contribution in [0.25, 0.3) is 0 Å². The maximum absolute atomic E-state index is 8.71. The summed E-state index contributed by atoms with van der Waals surface area (Å²) >= 11 is 5.02. The van der Waals surface area contributed by atoms with Crippen LogP contribution in [0.5, 0.6) is 0 Å². The molecular weight excluding hydrogens is 188 g/mol. The quantitative estimate of drug-likeness (QED) is 0.396. The normalized spacial score (nSPS) is 9.38. The molecule has 0 aromatic heterocycles. The van der Waals surface area contributed by atoms with Gasteiger partial charge in [0.1, 0.15) is 0 Å². The topological polar surface area (TPSA) is 55.7 Å². The summed E-state index contributed by atoms with van der Waals surface area (Å²) in [4.78, 5) is 1.71. The molecule has 0 aliphatic heterocycles. The Morgan fingerprint density at radius 1 is 1.38 bits per heavy atom. The number of nitrogens with one attached hydrogen (secondary N) is 1. The number of nitrogens with zero attached hydrogens (tertiary/aromatic N) is 1. The fourth-order valence-corrected chi connectivity index (χ4v) is 1.09. The average Bonchev–Trinajstić information content (AvgIpc) is 2.14. The fourth-order valence-electron chi connectivity index (χ4n) is 0.828. The summed E-state index contributed by atoms with van der Waals surface area (Å²) in [6.45, 7) is 5.05. The molecule has 0 aliphatic rings. The third-order valence-corrected chi connectivity index (χ3v) is 1.83. The van der Waals surface area contributed by atoms with Crippen LogP contribution >= 0.6 is 12.2 Å². The zero-order chi connectivity index (χ0) is 10.1. The number of rotatable bonds is 6. The molecule has 0 fully saturated rings. The molecule has 3 N–H and O–H groups in total. The average molecular weight is 204 g/mol. The minimum Gasteiger partial charge on any atom is -0.395 e. The molecule has 0 bridgehead atoms. The summed E-state index contributed by atoms with van der Waals surface area (Å²) < 4.78 is 0. The van der Waals surface area contributed by atoms with Gasteiger partial charge in [0.25, 0.3) is 0 Å². The van der Waals surface area contributed by atoms with Crippen molar-refractivity contribution in [2.24, 2.45) is 0 Å². The van der Waals surface area contributed by atoms with Crippen LogP contribution in [-0.4, -0.2) is 53.1 Å². The molecule has 0 rings (SSSR count). The monoisotopic (exact) mass is 204 g/mol. The standard InChI is InChI=1S/C8H16N2O2S/c1-2-3-9-8(13)10(4-6-11)5-7-12/h2,11-12H,1,3-7H2,(H,9,13). The van der Waals surface area contributed by atoms with Gasteiger partial charge in [-0.1, -0.05) is 6.08 Å². The smallest absolute Gasteiger partial charge is 0.169 e. The summed E-state index contributed by atoms with van der Waals surface area (Å²) in [7, 11) is 0. The van der Waals surface area contributed by atoms with Gasteiger partial charge in [-0.2, -0.15) is 0 Å². The molecule has 13 heavy (non-hydrogen) atoms. The number of hydrogen-bond donors (Lipinski definition) is 3. The molecule has 0 aliphatic carbocycles. The van der Waals surface area contributed by atoms with Gasteiger partial charge < -0.3 is 20.4 Å². The van der Waals surface area contributed by atoms with E-state index < -0.39 is 0 Å². The summed E-state index contributed by atoms with van der Waals surface area (Å²) in [6, 6.07) is 0. The Bertz CT molecular complexity index is 158. The molecule has 0 heterocycles. The van der Waals surface area contributed by atoms with E-state index in [1.54, 1.807) is 11.0 Å². The van der Waals surface area contributed by atoms with Crippen LogP contribution in [0.15, 0.2) is 12.7 Å². The highest BCUT2D eigenvalue weighted by Crippen LogP contribution is 1.88. The molecule has 0 aromatic carbocycles. The van der Waals surface area contributed by atoms with Crippen molar-refractivity contribution < 1.29 is 10.2 Å². The van der Waals surface area contributed by atoms with Crippen LogP contribution in [0.2, 0.25) is 0 Å². The molecule has 0 saturated heterocycles. The van der Waals surface area contributed by atoms with Gasteiger partial charge in [-0.25, -0.2) is 0 Å². The first-order chi connectivity index (χ1) is 6.26. The highest BCUT2D eigenvalue weighted by Gasteiger charge is 2.06. The van der Waals surface area contributed by atoms with Crippen molar-refractivity contribution in [2.75, 3.05) is 32.8 Å². The predicted octanol–water partition coefficient (Wildman–Crippen LogP) is -0.667. The predicted molar refractivity (Wildman–Crippen MR) is 56.5 cm³/mol. The highest BCUT2D eigenvalue weighted by molar-refractivity contribution is 7.80. The first-order valence-electron chi connectivity index (χ1n) is 4.11. The van der Waals surface area contributed by atoms with Gasteiger partial charge in [0.15, 0.2) is 5.11 Å². The second kappa shape index (κ2) is 7.97. The summed E-state index contributed by atoms with van der Waals surface area (Å²) in [6.07, 6.45) is 1.70. The molecule has 0 atom stereocenters. The molecule has 5 heteroatoms. The lowest BCUT2D eigenvalue weighted by molar-refractivity contribution is 0.211. The van der Waals surface area contributed by atoms with E-state index >= 15 is 0 Å². The van der Waals surface area contributed by atoms with Crippen LogP contribution in [0, 0.1) is 0 Å². The van der Waals surface area contributed by atoms with Crippen molar-refractivity contribution in [1.82, 2.24) is 10.2 Å². The Labute approximate surface area is 83.9 Å². The van der Waals surface area contributed by atoms with E-state index in [2.05, 4.69) is 11.9 Å². The lowest BCUT2D eigenvalue weighted by Crippen LogP contribution is -2.42. The minimum absolute atomic E-state index is 0.0237. The third-order valence-electron chi connectivity index (χ3n) is 1.42. The fraction of sp³-hybridized carbons (Fsp3) is 0.625. The van der Waals surface area contributed by atoms with E-state index in [0.29, 0.717) is 24.7 Å². The van der Waals surface area contributed by atoms with E-state index in [1.807, 2.05) is 0 Å². The van der Waals surface area contributed by atoms with Crippen molar-refractivity contribution in [2.45, 2.75) is 0 Å². The van der Waals surface area contributed by atoms with Crippen LogP contribution in [0.3, 0.4) is 0 Å². The van der Waals surface area contributed by atoms with E-state index in [4.69, 9.17) is 22.4 Å². The van der Waals surface area contributed by atoms with Crippen LogP contribution in [0.4, 0.5) is 0 Å². The Morgan fingerprint density at radius 3 is 2.31 bits per heavy atom. The largest absolute Gasteiger partial charge is 0.395 e. The summed E-state index contributed by atoms with van der Waals surface area (Å²) in [5.41, 5.74) is 0. The van der Waals surface area contributed by atoms with Crippen molar-refractivity contribution in [3.63, 3.8) is 0 Å². The van der Waals surface area contributed by atoms with Crippen molar-refractivity contribution in [3.8, 4) is 0 Å². The first kappa shape index (κ1) is 12.3. The molecule has 0 aromatic rings. The zero-order valence-corrected chi connectivity index (χ0v) is 8.39. The van der Waals surface area contributed by atoms with Crippen molar-refractivity contribution >= 4 is 17.3 Å². The second-order valence-corrected chi connectivity index (χ2v) is 2.80. The molecule has 0 unspecified atom stereocenters. The van der Waals surface area contributed by atoms with E-state index in [0.717, 1.165) is 0 Å². The Kier molecular flexibility index (Phi) is 7.57. The van der Waals surface area contributed by atoms with Gasteiger partial charge in [0.05, 0.1) is 13.2 Å². The lowest BCUT2D eigenvalue weighted by Gasteiger charge is -2.23. The van der Waals surface area contributed by atoms with Gasteiger partial charge in [0.2, 0.25) is 0 Å². The first-order valence-corrected chi connectivity index (χ1v) is 4.52. The highest BCUT2D eigenvalue weighted by atomic mass is 32.1. The van der Waals surface area contributed by atoms with Gasteiger partial charge >= 0.3 is 0 Å². The minimum atomic E-state index is 0.0237. The number of hydrogen-bond acceptors (Lipinski definition) is 3. The van der Waals surface area contributed by atoms with Gasteiger partial charge in [0, 0.05) is 19.6 Å². The summed E-state index contributed by atoms with van der Waals surface area (Å²) in [5.74, 6) is 0. The van der Waals surface area contributed by atoms with Gasteiger partial charge in [-0.05, 0) is 12.2 Å². The van der Waals surface area contributed by atoms with E-state index in [9.17, 15) is 0 Å². The SMILES string of the molecule is C=CCNC(=S)N(CCO)CCO. The lowest BCUT2D eigenvalue weighted by atomic mass is 10.5. The third kappa shape index (κ3) is 5.57. The van der Waals surface area contributed by atoms with E-state index in [-0.39, 0.29) is 13.2 Å². The molecule has 76 valence electrons.